The van der Waals surface area contributed by atoms with Crippen LogP contribution in [0.4, 0.5) is 0 Å². The van der Waals surface area contributed by atoms with E-state index in [1.165, 1.54) is 11.1 Å². The fourth-order valence-electron chi connectivity index (χ4n) is 2.51. The zero-order valence-electron chi connectivity index (χ0n) is 9.90. The van der Waals surface area contributed by atoms with Gasteiger partial charge in [0.1, 0.15) is 0 Å². The Labute approximate surface area is 110 Å². The number of hydrogen-bond donors (Lipinski definition) is 2. The molecule has 1 aromatic carbocycles. The topological polar surface area (TPSA) is 84.9 Å². The summed E-state index contributed by atoms with van der Waals surface area (Å²) in [7, 11) is 0. The molecule has 0 aliphatic heterocycles. The number of fused-ring (bicyclic) bond motifs is 1. The largest absolute Gasteiger partial charge is 0.439 e. The maximum Gasteiger partial charge on any atom is 0.439 e. The van der Waals surface area contributed by atoms with Gasteiger partial charge in [0.2, 0.25) is 0 Å². The number of H-pyrrole nitrogens is 1. The van der Waals surface area contributed by atoms with E-state index in [0.717, 1.165) is 24.0 Å². The van der Waals surface area contributed by atoms with Gasteiger partial charge in [-0.2, -0.15) is 0 Å². The molecule has 0 bridgehead atoms. The van der Waals surface area contributed by atoms with Gasteiger partial charge in [-0.3, -0.25) is 9.51 Å². The van der Waals surface area contributed by atoms with E-state index in [4.69, 9.17) is 5.73 Å². The molecule has 1 atom stereocenters. The fraction of sp³-hybridized carbons (Fsp3) is 0.333. The second kappa shape index (κ2) is 4.59. The molecule has 2 aromatic rings. The lowest BCUT2D eigenvalue weighted by atomic mass is 9.98. The van der Waals surface area contributed by atoms with Crippen LogP contribution in [-0.2, 0) is 6.42 Å². The van der Waals surface area contributed by atoms with Gasteiger partial charge in [0.15, 0.2) is 5.82 Å². The van der Waals surface area contributed by atoms with Crippen LogP contribution in [-0.4, -0.2) is 10.1 Å². The van der Waals surface area contributed by atoms with Gasteiger partial charge in [-0.15, -0.1) is 12.4 Å². The minimum Gasteiger partial charge on any atom is -0.324 e. The molecule has 0 saturated heterocycles. The van der Waals surface area contributed by atoms with Crippen LogP contribution in [0.25, 0.3) is 11.4 Å². The average molecular weight is 268 g/mol. The van der Waals surface area contributed by atoms with E-state index in [-0.39, 0.29) is 18.4 Å². The third-order valence-corrected chi connectivity index (χ3v) is 3.43. The second-order valence-corrected chi connectivity index (χ2v) is 4.39. The van der Waals surface area contributed by atoms with E-state index in [1.54, 1.807) is 0 Å². The summed E-state index contributed by atoms with van der Waals surface area (Å²) in [5.41, 5.74) is 10.5. The maximum atomic E-state index is 11.0. The van der Waals surface area contributed by atoms with Crippen molar-refractivity contribution >= 4 is 12.4 Å². The number of benzene rings is 1. The minimum atomic E-state index is -0.531. The summed E-state index contributed by atoms with van der Waals surface area (Å²) in [5.74, 6) is -0.0487. The molecule has 1 heterocycles. The van der Waals surface area contributed by atoms with Crippen molar-refractivity contribution in [2.75, 3.05) is 0 Å². The first-order chi connectivity index (χ1) is 8.16. The fourth-order valence-corrected chi connectivity index (χ4v) is 2.51. The van der Waals surface area contributed by atoms with Gasteiger partial charge < -0.3 is 5.73 Å². The number of rotatable bonds is 1. The Morgan fingerprint density at radius 3 is 2.94 bits per heavy atom. The number of aromatic amines is 1. The molecule has 3 rings (SSSR count). The van der Waals surface area contributed by atoms with E-state index in [2.05, 4.69) is 14.7 Å². The molecule has 1 aliphatic carbocycles. The van der Waals surface area contributed by atoms with Crippen molar-refractivity contribution in [2.45, 2.75) is 25.8 Å². The van der Waals surface area contributed by atoms with Crippen molar-refractivity contribution in [1.82, 2.24) is 10.1 Å². The molecular formula is C12H14ClN3O2. The van der Waals surface area contributed by atoms with E-state index in [0.29, 0.717) is 5.82 Å². The molecule has 1 aromatic heterocycles. The highest BCUT2D eigenvalue weighted by Crippen LogP contribution is 2.35. The molecule has 96 valence electrons. The zero-order chi connectivity index (χ0) is 12.0. The van der Waals surface area contributed by atoms with Crippen LogP contribution < -0.4 is 11.5 Å². The lowest BCUT2D eigenvalue weighted by molar-refractivity contribution is 0.388. The van der Waals surface area contributed by atoms with Crippen molar-refractivity contribution < 1.29 is 4.52 Å². The number of aromatic nitrogens is 2. The summed E-state index contributed by atoms with van der Waals surface area (Å²) < 4.78 is 4.53. The van der Waals surface area contributed by atoms with Gasteiger partial charge in [0.05, 0.1) is 0 Å². The van der Waals surface area contributed by atoms with Gasteiger partial charge in [-0.25, -0.2) is 4.79 Å². The summed E-state index contributed by atoms with van der Waals surface area (Å²) >= 11 is 0. The second-order valence-electron chi connectivity index (χ2n) is 4.39. The molecule has 3 N–H and O–H groups in total. The Kier molecular flexibility index (Phi) is 3.28. The van der Waals surface area contributed by atoms with Gasteiger partial charge >= 0.3 is 5.76 Å². The summed E-state index contributed by atoms with van der Waals surface area (Å²) in [6, 6.07) is 4.09. The summed E-state index contributed by atoms with van der Waals surface area (Å²) in [6.07, 6.45) is 1.97. The van der Waals surface area contributed by atoms with Gasteiger partial charge in [0, 0.05) is 11.6 Å². The third kappa shape index (κ3) is 1.85. The smallest absolute Gasteiger partial charge is 0.324 e. The first kappa shape index (κ1) is 12.9. The molecular weight excluding hydrogens is 254 g/mol. The molecule has 0 fully saturated rings. The predicted octanol–water partition coefficient (Wildman–Crippen LogP) is 1.71. The van der Waals surface area contributed by atoms with E-state index in [1.807, 2.05) is 19.1 Å². The lowest BCUT2D eigenvalue weighted by Gasteiger charge is -2.09. The van der Waals surface area contributed by atoms with Crippen LogP contribution in [0, 0.1) is 6.92 Å². The van der Waals surface area contributed by atoms with Crippen LogP contribution >= 0.6 is 12.4 Å². The van der Waals surface area contributed by atoms with Crippen molar-refractivity contribution in [3.63, 3.8) is 0 Å². The molecule has 6 heteroatoms. The molecule has 1 aliphatic rings. The van der Waals surface area contributed by atoms with Gasteiger partial charge in [-0.05, 0) is 36.5 Å². The van der Waals surface area contributed by atoms with Crippen LogP contribution in [0.3, 0.4) is 0 Å². The van der Waals surface area contributed by atoms with Gasteiger partial charge in [0.25, 0.3) is 0 Å². The minimum absolute atomic E-state index is 0. The summed E-state index contributed by atoms with van der Waals surface area (Å²) in [5, 5.41) is 3.72. The van der Waals surface area contributed by atoms with E-state index < -0.39 is 5.76 Å². The van der Waals surface area contributed by atoms with Gasteiger partial charge in [-0.1, -0.05) is 17.3 Å². The Balaban J connectivity index is 0.00000120. The average Bonchev–Trinajstić information content (AvgIpc) is 2.87. The number of halogens is 1. The highest BCUT2D eigenvalue weighted by Gasteiger charge is 2.22. The molecule has 0 spiro atoms. The molecule has 18 heavy (non-hydrogen) atoms. The van der Waals surface area contributed by atoms with E-state index >= 15 is 0 Å². The first-order valence-electron chi connectivity index (χ1n) is 5.61. The highest BCUT2D eigenvalue weighted by molar-refractivity contribution is 5.85. The Morgan fingerprint density at radius 1 is 1.50 bits per heavy atom. The summed E-state index contributed by atoms with van der Waals surface area (Å²) in [4.78, 5) is 13.5. The zero-order valence-corrected chi connectivity index (χ0v) is 10.7. The molecule has 0 amide bonds. The lowest BCUT2D eigenvalue weighted by Crippen LogP contribution is -2.05. The highest BCUT2D eigenvalue weighted by atomic mass is 35.5. The SMILES string of the molecule is Cc1c(-c2noc(=O)[nH]2)ccc2c1CC[C@@H]2N.Cl. The van der Waals surface area contributed by atoms with Crippen molar-refractivity contribution in [3.05, 3.63) is 39.4 Å². The number of nitrogens with two attached hydrogens (primary N) is 1. The third-order valence-electron chi connectivity index (χ3n) is 3.43. The number of hydrogen-bond acceptors (Lipinski definition) is 4. The van der Waals surface area contributed by atoms with Crippen LogP contribution in [0.15, 0.2) is 21.5 Å². The van der Waals surface area contributed by atoms with Crippen molar-refractivity contribution in [2.24, 2.45) is 5.73 Å². The molecule has 0 unspecified atom stereocenters. The number of nitrogens with one attached hydrogen (secondary N) is 1. The van der Waals surface area contributed by atoms with Crippen molar-refractivity contribution in [1.29, 1.82) is 0 Å². The molecule has 0 saturated carbocycles. The molecule has 0 radical (unpaired) electrons. The number of nitrogens with zero attached hydrogens (tertiary/aromatic N) is 1. The predicted molar refractivity (Wildman–Crippen MR) is 69.8 cm³/mol. The summed E-state index contributed by atoms with van der Waals surface area (Å²) in [6.45, 7) is 2.03. The standard InChI is InChI=1S/C12H13N3O2.ClH/c1-6-7-4-5-10(13)9(7)3-2-8(6)11-14-12(16)17-15-11;/h2-3,10H,4-5,13H2,1H3,(H,14,15,16);1H/t10-;/m0./s1. The Hall–Kier alpha value is -1.59. The maximum absolute atomic E-state index is 11.0. The van der Waals surface area contributed by atoms with Crippen molar-refractivity contribution in [3.8, 4) is 11.4 Å². The Morgan fingerprint density at radius 2 is 2.28 bits per heavy atom. The van der Waals surface area contributed by atoms with E-state index in [9.17, 15) is 4.79 Å². The normalized spacial score (nSPS) is 17.3. The monoisotopic (exact) mass is 267 g/mol. The van der Waals surface area contributed by atoms with Crippen LogP contribution in [0.5, 0.6) is 0 Å². The first-order valence-corrected chi connectivity index (χ1v) is 5.61. The van der Waals surface area contributed by atoms with Crippen LogP contribution in [0.1, 0.15) is 29.2 Å². The molecule has 5 nitrogen and oxygen atoms in total. The Bertz CT molecular complexity index is 632. The quantitative estimate of drug-likeness (QED) is 0.824. The van der Waals surface area contributed by atoms with Crippen LogP contribution in [0.2, 0.25) is 0 Å².